The lowest BCUT2D eigenvalue weighted by molar-refractivity contribution is -0.139. The highest BCUT2D eigenvalue weighted by molar-refractivity contribution is 5.77. The molecule has 0 radical (unpaired) electrons. The Labute approximate surface area is 83.0 Å². The van der Waals surface area contributed by atoms with Crippen molar-refractivity contribution < 1.29 is 14.3 Å². The van der Waals surface area contributed by atoms with Crippen LogP contribution < -0.4 is 5.32 Å². The van der Waals surface area contributed by atoms with Crippen molar-refractivity contribution in [2.75, 3.05) is 13.2 Å². The van der Waals surface area contributed by atoms with Crippen LogP contribution in [-0.2, 0) is 14.3 Å². The summed E-state index contributed by atoms with van der Waals surface area (Å²) >= 11 is 0. The number of amides is 1. The molecule has 0 aromatic carbocycles. The van der Waals surface area contributed by atoms with Gasteiger partial charge in [0.25, 0.3) is 0 Å². The smallest absolute Gasteiger partial charge is 0.234 e. The van der Waals surface area contributed by atoms with Gasteiger partial charge in [-0.05, 0) is 13.8 Å². The summed E-state index contributed by atoms with van der Waals surface area (Å²) in [6.07, 6.45) is -0.232. The Hall–Kier alpha value is -1.12. The normalized spacial score (nSPS) is 24.2. The summed E-state index contributed by atoms with van der Waals surface area (Å²) in [5.74, 6) is -0.842. The SMILES string of the molecule is CC1(C)OC[C@H](CNC(=O)CC#N)O1. The van der Waals surface area contributed by atoms with E-state index in [0.717, 1.165) is 0 Å². The number of carbonyl (C=O) groups excluding carboxylic acids is 1. The van der Waals surface area contributed by atoms with Gasteiger partial charge < -0.3 is 14.8 Å². The van der Waals surface area contributed by atoms with Crippen LogP contribution in [-0.4, -0.2) is 30.9 Å². The van der Waals surface area contributed by atoms with Crippen LogP contribution in [0.3, 0.4) is 0 Å². The molecule has 0 spiro atoms. The zero-order chi connectivity index (χ0) is 10.6. The Morgan fingerprint density at radius 3 is 2.93 bits per heavy atom. The van der Waals surface area contributed by atoms with Gasteiger partial charge >= 0.3 is 0 Å². The molecule has 1 saturated heterocycles. The highest BCUT2D eigenvalue weighted by Gasteiger charge is 2.32. The third kappa shape index (κ3) is 3.32. The lowest BCUT2D eigenvalue weighted by Crippen LogP contribution is -2.34. The molecule has 5 nitrogen and oxygen atoms in total. The number of rotatable bonds is 3. The molecule has 1 amide bonds. The molecule has 1 aliphatic heterocycles. The Kier molecular flexibility index (Phi) is 3.44. The van der Waals surface area contributed by atoms with Gasteiger partial charge in [0, 0.05) is 6.54 Å². The number of nitriles is 1. The molecule has 14 heavy (non-hydrogen) atoms. The van der Waals surface area contributed by atoms with E-state index in [9.17, 15) is 4.79 Å². The van der Waals surface area contributed by atoms with Gasteiger partial charge in [0.2, 0.25) is 5.91 Å². The first-order chi connectivity index (χ1) is 6.53. The van der Waals surface area contributed by atoms with E-state index in [1.54, 1.807) is 6.07 Å². The Balaban J connectivity index is 2.21. The van der Waals surface area contributed by atoms with Crippen LogP contribution in [0.1, 0.15) is 20.3 Å². The third-order valence-electron chi connectivity index (χ3n) is 1.83. The summed E-state index contributed by atoms with van der Waals surface area (Å²) in [5.41, 5.74) is 0. The second-order valence-corrected chi connectivity index (χ2v) is 3.59. The first-order valence-electron chi connectivity index (χ1n) is 4.49. The van der Waals surface area contributed by atoms with Crippen molar-refractivity contribution in [2.24, 2.45) is 0 Å². The topological polar surface area (TPSA) is 71.3 Å². The van der Waals surface area contributed by atoms with E-state index in [-0.39, 0.29) is 18.4 Å². The predicted molar refractivity (Wildman–Crippen MR) is 48.1 cm³/mol. The molecule has 5 heteroatoms. The number of nitrogens with zero attached hydrogens (tertiary/aromatic N) is 1. The number of nitrogens with one attached hydrogen (secondary N) is 1. The van der Waals surface area contributed by atoms with Crippen molar-refractivity contribution in [3.63, 3.8) is 0 Å². The van der Waals surface area contributed by atoms with E-state index in [1.165, 1.54) is 0 Å². The summed E-state index contributed by atoms with van der Waals surface area (Å²) in [5, 5.41) is 10.8. The number of carbonyl (C=O) groups is 1. The molecule has 0 bridgehead atoms. The molecular formula is C9H14N2O3. The van der Waals surface area contributed by atoms with Crippen LogP contribution >= 0.6 is 0 Å². The second kappa shape index (κ2) is 4.40. The lowest BCUT2D eigenvalue weighted by atomic mass is 10.3. The molecule has 1 fully saturated rings. The van der Waals surface area contributed by atoms with Crippen molar-refractivity contribution in [3.05, 3.63) is 0 Å². The van der Waals surface area contributed by atoms with Gasteiger partial charge in [-0.15, -0.1) is 0 Å². The third-order valence-corrected chi connectivity index (χ3v) is 1.83. The monoisotopic (exact) mass is 198 g/mol. The lowest BCUT2D eigenvalue weighted by Gasteiger charge is -2.17. The molecule has 1 heterocycles. The first kappa shape index (κ1) is 11.0. The molecule has 0 aromatic rings. The van der Waals surface area contributed by atoms with E-state index >= 15 is 0 Å². The maximum atomic E-state index is 10.9. The van der Waals surface area contributed by atoms with E-state index in [2.05, 4.69) is 5.32 Å². The zero-order valence-electron chi connectivity index (χ0n) is 8.37. The van der Waals surface area contributed by atoms with E-state index < -0.39 is 5.79 Å². The highest BCUT2D eigenvalue weighted by Crippen LogP contribution is 2.21. The zero-order valence-corrected chi connectivity index (χ0v) is 8.37. The molecule has 1 atom stereocenters. The minimum Gasteiger partial charge on any atom is -0.353 e. The van der Waals surface area contributed by atoms with Crippen molar-refractivity contribution in [1.82, 2.24) is 5.32 Å². The van der Waals surface area contributed by atoms with Crippen molar-refractivity contribution in [1.29, 1.82) is 5.26 Å². The largest absolute Gasteiger partial charge is 0.353 e. The van der Waals surface area contributed by atoms with Crippen molar-refractivity contribution >= 4 is 5.91 Å². The summed E-state index contributed by atoms with van der Waals surface area (Å²) in [7, 11) is 0. The maximum absolute atomic E-state index is 10.9. The molecule has 0 unspecified atom stereocenters. The minimum atomic E-state index is -0.565. The number of hydrogen-bond donors (Lipinski definition) is 1. The summed E-state index contributed by atoms with van der Waals surface area (Å²) in [4.78, 5) is 10.9. The molecule has 1 N–H and O–H groups in total. The van der Waals surface area contributed by atoms with Gasteiger partial charge in [0.05, 0.1) is 12.7 Å². The predicted octanol–water partition coefficient (Wildman–Crippen LogP) is 0.168. The molecule has 1 aliphatic rings. The van der Waals surface area contributed by atoms with Crippen LogP contribution in [0.25, 0.3) is 0 Å². The van der Waals surface area contributed by atoms with Crippen molar-refractivity contribution in [3.8, 4) is 6.07 Å². The van der Waals surface area contributed by atoms with E-state index in [4.69, 9.17) is 14.7 Å². The highest BCUT2D eigenvalue weighted by atomic mass is 16.7. The molecule has 0 aliphatic carbocycles. The number of ether oxygens (including phenoxy) is 2. The van der Waals surface area contributed by atoms with Crippen LogP contribution in [0.4, 0.5) is 0 Å². The quantitative estimate of drug-likeness (QED) is 0.701. The van der Waals surface area contributed by atoms with Gasteiger partial charge in [-0.2, -0.15) is 5.26 Å². The van der Waals surface area contributed by atoms with Gasteiger partial charge in [0.1, 0.15) is 12.5 Å². The van der Waals surface area contributed by atoms with E-state index in [0.29, 0.717) is 13.2 Å². The Morgan fingerprint density at radius 2 is 2.43 bits per heavy atom. The summed E-state index contributed by atoms with van der Waals surface area (Å²) in [6, 6.07) is 1.78. The first-order valence-corrected chi connectivity index (χ1v) is 4.49. The van der Waals surface area contributed by atoms with Crippen LogP contribution in [0.2, 0.25) is 0 Å². The van der Waals surface area contributed by atoms with Gasteiger partial charge in [-0.1, -0.05) is 0 Å². The fraction of sp³-hybridized carbons (Fsp3) is 0.778. The van der Waals surface area contributed by atoms with Gasteiger partial charge in [-0.25, -0.2) is 0 Å². The standard InChI is InChI=1S/C9H14N2O3/c1-9(2)13-6-7(14-9)5-11-8(12)3-4-10/h7H,3,5-6H2,1-2H3,(H,11,12)/t7-/m0/s1. The van der Waals surface area contributed by atoms with Gasteiger partial charge in [0.15, 0.2) is 5.79 Å². The van der Waals surface area contributed by atoms with Crippen LogP contribution in [0.5, 0.6) is 0 Å². The van der Waals surface area contributed by atoms with Gasteiger partial charge in [-0.3, -0.25) is 4.79 Å². The molecule has 0 aromatic heterocycles. The van der Waals surface area contributed by atoms with Crippen molar-refractivity contribution in [2.45, 2.75) is 32.2 Å². The molecule has 0 saturated carbocycles. The van der Waals surface area contributed by atoms with E-state index in [1.807, 2.05) is 13.8 Å². The fourth-order valence-corrected chi connectivity index (χ4v) is 1.23. The molecule has 1 rings (SSSR count). The Morgan fingerprint density at radius 1 is 1.71 bits per heavy atom. The fourth-order valence-electron chi connectivity index (χ4n) is 1.23. The second-order valence-electron chi connectivity index (χ2n) is 3.59. The van der Waals surface area contributed by atoms with Crippen LogP contribution in [0.15, 0.2) is 0 Å². The minimum absolute atomic E-state index is 0.114. The Bertz CT molecular complexity index is 257. The number of hydrogen-bond acceptors (Lipinski definition) is 4. The molecule has 78 valence electrons. The van der Waals surface area contributed by atoms with Crippen LogP contribution in [0, 0.1) is 11.3 Å². The summed E-state index contributed by atoms with van der Waals surface area (Å²) < 4.78 is 10.8. The summed E-state index contributed by atoms with van der Waals surface area (Å²) in [6.45, 7) is 4.51. The molecular weight excluding hydrogens is 184 g/mol. The average molecular weight is 198 g/mol. The average Bonchev–Trinajstić information content (AvgIpc) is 2.43. The maximum Gasteiger partial charge on any atom is 0.234 e.